The molecule has 39 heavy (non-hydrogen) atoms. The first-order valence-corrected chi connectivity index (χ1v) is 15.6. The number of carbonyl (C=O) groups is 1. The molecule has 0 bridgehead atoms. The van der Waals surface area contributed by atoms with Crippen molar-refractivity contribution < 1.29 is 41.5 Å². The average Bonchev–Trinajstić information content (AvgIpc) is 2.84. The maximum Gasteiger partial charge on any atom is 0.399 e. The maximum atomic E-state index is 14.3. The summed E-state index contributed by atoms with van der Waals surface area (Å²) in [4.78, 5) is 28.9. The van der Waals surface area contributed by atoms with Gasteiger partial charge in [-0.05, 0) is 53.4 Å². The fourth-order valence-corrected chi connectivity index (χ4v) is 6.63. The van der Waals surface area contributed by atoms with Gasteiger partial charge >= 0.3 is 19.2 Å². The second-order valence-corrected chi connectivity index (χ2v) is 13.7. The van der Waals surface area contributed by atoms with E-state index in [1.54, 1.807) is 6.07 Å². The van der Waals surface area contributed by atoms with Crippen molar-refractivity contribution in [1.29, 1.82) is 0 Å². The van der Waals surface area contributed by atoms with Crippen LogP contribution in [-0.2, 0) is 44.6 Å². The SMILES string of the molecule is O=C(O)CCc1ccc(S(=O)(=O)N(Cc2ccc(Cl)c(Cl)c2)Cc2ccc(C(F)(F)P(=O)(O)O)c(Br)c2)cc1. The van der Waals surface area contributed by atoms with E-state index >= 15 is 0 Å². The van der Waals surface area contributed by atoms with E-state index in [2.05, 4.69) is 15.9 Å². The third kappa shape index (κ3) is 7.65. The molecule has 0 heterocycles. The highest BCUT2D eigenvalue weighted by molar-refractivity contribution is 9.10. The fourth-order valence-electron chi connectivity index (χ4n) is 3.56. The van der Waals surface area contributed by atoms with Gasteiger partial charge in [0.25, 0.3) is 0 Å². The van der Waals surface area contributed by atoms with E-state index in [0.29, 0.717) is 11.1 Å². The first-order valence-electron chi connectivity index (χ1n) is 11.0. The first kappa shape index (κ1) is 31.6. The minimum Gasteiger partial charge on any atom is -0.481 e. The Morgan fingerprint density at radius 1 is 0.923 bits per heavy atom. The number of rotatable bonds is 11. The number of hydrogen-bond acceptors (Lipinski definition) is 4. The average molecular weight is 687 g/mol. The summed E-state index contributed by atoms with van der Waals surface area (Å²) in [5, 5.41) is 9.32. The van der Waals surface area contributed by atoms with Crippen LogP contribution in [-0.4, -0.2) is 33.6 Å². The number of carboxylic acids is 1. The molecule has 210 valence electrons. The number of alkyl halides is 2. The van der Waals surface area contributed by atoms with Gasteiger partial charge in [0.05, 0.1) is 14.9 Å². The highest BCUT2D eigenvalue weighted by Crippen LogP contribution is 2.60. The minimum absolute atomic E-state index is 0.0923. The Morgan fingerprint density at radius 3 is 1.97 bits per heavy atom. The van der Waals surface area contributed by atoms with Crippen molar-refractivity contribution in [2.24, 2.45) is 0 Å². The third-order valence-electron chi connectivity index (χ3n) is 5.61. The highest BCUT2D eigenvalue weighted by Gasteiger charge is 2.51. The molecule has 0 saturated heterocycles. The highest BCUT2D eigenvalue weighted by atomic mass is 79.9. The van der Waals surface area contributed by atoms with Gasteiger partial charge in [0.2, 0.25) is 10.0 Å². The van der Waals surface area contributed by atoms with E-state index < -0.39 is 34.8 Å². The van der Waals surface area contributed by atoms with Gasteiger partial charge < -0.3 is 14.9 Å². The number of hydrogen-bond donors (Lipinski definition) is 3. The van der Waals surface area contributed by atoms with E-state index in [1.165, 1.54) is 36.4 Å². The number of halogens is 5. The molecule has 0 aliphatic rings. The lowest BCUT2D eigenvalue weighted by Gasteiger charge is -2.24. The van der Waals surface area contributed by atoms with Crippen molar-refractivity contribution in [3.8, 4) is 0 Å². The molecule has 15 heteroatoms. The summed E-state index contributed by atoms with van der Waals surface area (Å²) in [7, 11) is -10.0. The molecule has 0 unspecified atom stereocenters. The van der Waals surface area contributed by atoms with Crippen molar-refractivity contribution in [2.75, 3.05) is 0 Å². The Labute approximate surface area is 241 Å². The molecular weight excluding hydrogens is 666 g/mol. The Bertz CT molecular complexity index is 1540. The second-order valence-electron chi connectivity index (χ2n) is 8.46. The van der Waals surface area contributed by atoms with Crippen molar-refractivity contribution in [3.63, 3.8) is 0 Å². The van der Waals surface area contributed by atoms with Crippen LogP contribution < -0.4 is 0 Å². The number of carboxylic acid groups (broad SMARTS) is 1. The van der Waals surface area contributed by atoms with Crippen molar-refractivity contribution in [3.05, 3.63) is 97.4 Å². The van der Waals surface area contributed by atoms with Crippen LogP contribution in [0.2, 0.25) is 10.0 Å². The molecule has 0 fully saturated rings. The monoisotopic (exact) mass is 685 g/mol. The first-order chi connectivity index (χ1) is 18.0. The van der Waals surface area contributed by atoms with Crippen LogP contribution in [0.1, 0.15) is 28.7 Å². The molecule has 0 aliphatic carbocycles. The Balaban J connectivity index is 1.99. The van der Waals surface area contributed by atoms with Gasteiger partial charge in [-0.15, -0.1) is 0 Å². The van der Waals surface area contributed by atoms with Crippen LogP contribution in [0, 0.1) is 0 Å². The molecular formula is C24H21BrCl2F2NO7PS. The zero-order valence-electron chi connectivity index (χ0n) is 19.8. The van der Waals surface area contributed by atoms with Gasteiger partial charge in [0.15, 0.2) is 0 Å². The van der Waals surface area contributed by atoms with Gasteiger partial charge in [0.1, 0.15) is 0 Å². The number of benzene rings is 3. The van der Waals surface area contributed by atoms with Crippen LogP contribution in [0.25, 0.3) is 0 Å². The molecule has 0 spiro atoms. The normalized spacial score (nSPS) is 12.6. The van der Waals surface area contributed by atoms with Crippen molar-refractivity contribution in [2.45, 2.75) is 36.5 Å². The van der Waals surface area contributed by atoms with Crippen LogP contribution >= 0.6 is 46.7 Å². The maximum absolute atomic E-state index is 14.3. The quantitative estimate of drug-likeness (QED) is 0.199. The molecule has 0 radical (unpaired) electrons. The molecule has 3 aromatic carbocycles. The van der Waals surface area contributed by atoms with Crippen LogP contribution in [0.3, 0.4) is 0 Å². The summed E-state index contributed by atoms with van der Waals surface area (Å²) in [5.74, 6) is -0.991. The van der Waals surface area contributed by atoms with E-state index in [4.69, 9.17) is 38.1 Å². The second kappa shape index (κ2) is 12.3. The molecule has 3 rings (SSSR count). The Hall–Kier alpha value is -1.89. The predicted molar refractivity (Wildman–Crippen MR) is 145 cm³/mol. The van der Waals surface area contributed by atoms with E-state index in [0.717, 1.165) is 22.5 Å². The molecule has 8 nitrogen and oxygen atoms in total. The van der Waals surface area contributed by atoms with Crippen LogP contribution in [0.5, 0.6) is 0 Å². The zero-order valence-corrected chi connectivity index (χ0v) is 24.6. The number of sulfonamides is 1. The molecule has 0 aromatic heterocycles. The van der Waals surface area contributed by atoms with Crippen LogP contribution in [0.15, 0.2) is 70.0 Å². The molecule has 3 aromatic rings. The summed E-state index contributed by atoms with van der Waals surface area (Å²) < 4.78 is 67.9. The largest absolute Gasteiger partial charge is 0.481 e. The molecule has 0 aliphatic heterocycles. The molecule has 0 saturated carbocycles. The van der Waals surface area contributed by atoms with Crippen LogP contribution in [0.4, 0.5) is 8.78 Å². The minimum atomic E-state index is -5.82. The molecule has 3 N–H and O–H groups in total. The zero-order chi connectivity index (χ0) is 29.2. The number of nitrogens with zero attached hydrogens (tertiary/aromatic N) is 1. The van der Waals surface area contributed by atoms with Gasteiger partial charge in [-0.1, -0.05) is 69.5 Å². The number of aliphatic carboxylic acids is 1. The number of aryl methyl sites for hydroxylation is 1. The summed E-state index contributed by atoms with van der Waals surface area (Å²) >= 11 is 15.0. The van der Waals surface area contributed by atoms with E-state index in [-0.39, 0.29) is 50.9 Å². The van der Waals surface area contributed by atoms with Crippen molar-refractivity contribution in [1.82, 2.24) is 4.31 Å². The Kier molecular flexibility index (Phi) is 9.99. The Morgan fingerprint density at radius 2 is 1.46 bits per heavy atom. The van der Waals surface area contributed by atoms with E-state index in [1.807, 2.05) is 0 Å². The smallest absolute Gasteiger partial charge is 0.399 e. The predicted octanol–water partition coefficient (Wildman–Crippen LogP) is 6.39. The van der Waals surface area contributed by atoms with Gasteiger partial charge in [-0.2, -0.15) is 13.1 Å². The summed E-state index contributed by atoms with van der Waals surface area (Å²) in [6.07, 6.45) is 0.0871. The van der Waals surface area contributed by atoms with Gasteiger partial charge in [0, 0.05) is 29.5 Å². The molecule has 0 atom stereocenters. The lowest BCUT2D eigenvalue weighted by atomic mass is 10.1. The lowest BCUT2D eigenvalue weighted by Crippen LogP contribution is -2.30. The topological polar surface area (TPSA) is 132 Å². The van der Waals surface area contributed by atoms with Gasteiger partial charge in [-0.3, -0.25) is 9.36 Å². The standard InChI is InChI=1S/C24H21BrCl2F2NO7PS/c25-20-11-16(3-8-19(20)24(28,29)38(33,34)35)13-30(14-17-4-9-21(26)22(27)12-17)39(36,37)18-6-1-15(2-7-18)5-10-23(31)32/h1-4,6-9,11-12H,5,10,13-14H2,(H,31,32)(H2,33,34,35). The fraction of sp³-hybridized carbons (Fsp3) is 0.208. The summed E-state index contributed by atoms with van der Waals surface area (Å²) in [5.41, 5.74) is -4.06. The van der Waals surface area contributed by atoms with Crippen molar-refractivity contribution >= 4 is 62.7 Å². The summed E-state index contributed by atoms with van der Waals surface area (Å²) in [6, 6.07) is 13.4. The van der Waals surface area contributed by atoms with E-state index in [9.17, 15) is 26.6 Å². The molecule has 0 amide bonds. The third-order valence-corrected chi connectivity index (χ3v) is 9.79. The summed E-state index contributed by atoms with van der Waals surface area (Å²) in [6.45, 7) is -0.484. The van der Waals surface area contributed by atoms with Gasteiger partial charge in [-0.25, -0.2) is 8.42 Å². The lowest BCUT2D eigenvalue weighted by molar-refractivity contribution is -0.136.